The summed E-state index contributed by atoms with van der Waals surface area (Å²) in [4.78, 5) is 11.1. The number of methoxy groups -OCH3 is 1. The van der Waals surface area contributed by atoms with E-state index in [0.717, 1.165) is 5.75 Å². The number of carbonyl (C=O) groups is 1. The molecule has 0 aromatic carbocycles. The van der Waals surface area contributed by atoms with Gasteiger partial charge in [-0.2, -0.15) is 28.8 Å². The number of thioether (sulfide) groups is 1. The zero-order chi connectivity index (χ0) is 14.7. The first-order valence-corrected chi connectivity index (χ1v) is 8.49. The van der Waals surface area contributed by atoms with Crippen molar-refractivity contribution in [2.45, 2.75) is 25.0 Å². The minimum atomic E-state index is -3.49. The standard InChI is InChI=1S/C11H22N2O4S2/c1-11(2)9-13(7-8-18-11)19(15,16)12(3)6-5-10(14)17-4/h5-9H2,1-4H3. The summed E-state index contributed by atoms with van der Waals surface area (Å²) in [5.41, 5.74) is 0. The third kappa shape index (κ3) is 4.62. The number of hydrogen-bond acceptors (Lipinski definition) is 5. The molecule has 19 heavy (non-hydrogen) atoms. The molecule has 0 unspecified atom stereocenters. The average molecular weight is 310 g/mol. The fourth-order valence-electron chi connectivity index (χ4n) is 1.83. The van der Waals surface area contributed by atoms with Gasteiger partial charge < -0.3 is 4.74 Å². The number of esters is 1. The maximum atomic E-state index is 12.4. The summed E-state index contributed by atoms with van der Waals surface area (Å²) in [6, 6.07) is 0. The summed E-state index contributed by atoms with van der Waals surface area (Å²) in [6.07, 6.45) is 0.0677. The molecular formula is C11H22N2O4S2. The van der Waals surface area contributed by atoms with Crippen LogP contribution < -0.4 is 0 Å². The largest absolute Gasteiger partial charge is 0.469 e. The van der Waals surface area contributed by atoms with Crippen molar-refractivity contribution in [1.29, 1.82) is 0 Å². The molecule has 1 saturated heterocycles. The first-order chi connectivity index (χ1) is 8.69. The third-order valence-corrected chi connectivity index (χ3v) is 6.20. The Morgan fingerprint density at radius 3 is 2.63 bits per heavy atom. The van der Waals surface area contributed by atoms with E-state index in [1.807, 2.05) is 13.8 Å². The highest BCUT2D eigenvalue weighted by Gasteiger charge is 2.35. The molecule has 0 saturated carbocycles. The van der Waals surface area contributed by atoms with Crippen molar-refractivity contribution < 1.29 is 17.9 Å². The lowest BCUT2D eigenvalue weighted by molar-refractivity contribution is -0.140. The predicted molar refractivity (Wildman–Crippen MR) is 76.3 cm³/mol. The summed E-state index contributed by atoms with van der Waals surface area (Å²) < 4.78 is 31.9. The summed E-state index contributed by atoms with van der Waals surface area (Å²) in [7, 11) is -0.705. The van der Waals surface area contributed by atoms with E-state index in [0.29, 0.717) is 13.1 Å². The molecular weight excluding hydrogens is 288 g/mol. The number of carbonyl (C=O) groups excluding carboxylic acids is 1. The second-order valence-electron chi connectivity index (χ2n) is 5.10. The molecule has 0 aromatic heterocycles. The number of ether oxygens (including phenoxy) is 1. The molecule has 0 radical (unpaired) electrons. The van der Waals surface area contributed by atoms with Gasteiger partial charge in [-0.15, -0.1) is 0 Å². The Kier molecular flexibility index (Phi) is 5.66. The first kappa shape index (κ1) is 16.7. The molecule has 6 nitrogen and oxygen atoms in total. The van der Waals surface area contributed by atoms with E-state index in [9.17, 15) is 13.2 Å². The van der Waals surface area contributed by atoms with Gasteiger partial charge in [-0.05, 0) is 13.8 Å². The van der Waals surface area contributed by atoms with Crippen LogP contribution in [0.5, 0.6) is 0 Å². The van der Waals surface area contributed by atoms with Gasteiger partial charge in [0.05, 0.1) is 13.5 Å². The van der Waals surface area contributed by atoms with Gasteiger partial charge in [-0.25, -0.2) is 0 Å². The molecule has 1 heterocycles. The molecule has 0 atom stereocenters. The van der Waals surface area contributed by atoms with Crippen LogP contribution in [0.2, 0.25) is 0 Å². The third-order valence-electron chi connectivity index (χ3n) is 2.97. The van der Waals surface area contributed by atoms with Gasteiger partial charge in [0, 0.05) is 37.2 Å². The molecule has 0 aromatic rings. The second-order valence-corrected chi connectivity index (χ2v) is 8.93. The van der Waals surface area contributed by atoms with Crippen LogP contribution in [0, 0.1) is 0 Å². The molecule has 1 fully saturated rings. The van der Waals surface area contributed by atoms with E-state index in [1.54, 1.807) is 11.8 Å². The normalized spacial score (nSPS) is 20.5. The molecule has 1 aliphatic heterocycles. The Morgan fingerprint density at radius 2 is 2.11 bits per heavy atom. The lowest BCUT2D eigenvalue weighted by atomic mass is 10.2. The van der Waals surface area contributed by atoms with Crippen molar-refractivity contribution >= 4 is 27.9 Å². The van der Waals surface area contributed by atoms with Crippen molar-refractivity contribution in [2.75, 3.05) is 39.5 Å². The van der Waals surface area contributed by atoms with Crippen LogP contribution in [-0.4, -0.2) is 67.3 Å². The van der Waals surface area contributed by atoms with Gasteiger partial charge in [0.2, 0.25) is 0 Å². The number of nitrogens with zero attached hydrogens (tertiary/aromatic N) is 2. The first-order valence-electron chi connectivity index (χ1n) is 6.11. The highest BCUT2D eigenvalue weighted by molar-refractivity contribution is 8.00. The van der Waals surface area contributed by atoms with Crippen molar-refractivity contribution in [3.63, 3.8) is 0 Å². The van der Waals surface area contributed by atoms with E-state index in [-0.39, 0.29) is 17.7 Å². The molecule has 1 aliphatic rings. The van der Waals surface area contributed by atoms with Crippen LogP contribution in [-0.2, 0) is 19.7 Å². The highest BCUT2D eigenvalue weighted by Crippen LogP contribution is 2.31. The average Bonchev–Trinajstić information content (AvgIpc) is 2.34. The Hall–Kier alpha value is -0.310. The quantitative estimate of drug-likeness (QED) is 0.694. The molecule has 0 N–H and O–H groups in total. The van der Waals surface area contributed by atoms with E-state index >= 15 is 0 Å². The van der Waals surface area contributed by atoms with Crippen LogP contribution in [0.3, 0.4) is 0 Å². The number of rotatable bonds is 5. The van der Waals surface area contributed by atoms with Crippen molar-refractivity contribution in [3.8, 4) is 0 Å². The smallest absolute Gasteiger partial charge is 0.306 e. The predicted octanol–water partition coefficient (Wildman–Crippen LogP) is 0.554. The fourth-order valence-corrected chi connectivity index (χ4v) is 4.67. The maximum Gasteiger partial charge on any atom is 0.306 e. The minimum Gasteiger partial charge on any atom is -0.469 e. The lowest BCUT2D eigenvalue weighted by Gasteiger charge is -2.38. The number of hydrogen-bond donors (Lipinski definition) is 0. The van der Waals surface area contributed by atoms with Crippen molar-refractivity contribution in [3.05, 3.63) is 0 Å². The summed E-state index contributed by atoms with van der Waals surface area (Å²) in [6.45, 7) is 5.21. The van der Waals surface area contributed by atoms with E-state index in [4.69, 9.17) is 0 Å². The molecule has 112 valence electrons. The molecule has 0 amide bonds. The summed E-state index contributed by atoms with van der Waals surface area (Å²) in [5.74, 6) is 0.383. The second kappa shape index (κ2) is 6.43. The van der Waals surface area contributed by atoms with Crippen LogP contribution in [0.25, 0.3) is 0 Å². The lowest BCUT2D eigenvalue weighted by Crippen LogP contribution is -2.51. The van der Waals surface area contributed by atoms with Gasteiger partial charge in [0.25, 0.3) is 10.2 Å². The minimum absolute atomic E-state index is 0.0677. The topological polar surface area (TPSA) is 66.9 Å². The molecule has 0 bridgehead atoms. The zero-order valence-corrected chi connectivity index (χ0v) is 13.5. The van der Waals surface area contributed by atoms with Gasteiger partial charge in [-0.1, -0.05) is 0 Å². The van der Waals surface area contributed by atoms with Gasteiger partial charge in [0.1, 0.15) is 0 Å². The van der Waals surface area contributed by atoms with Gasteiger partial charge in [0.15, 0.2) is 0 Å². The van der Waals surface area contributed by atoms with E-state index in [2.05, 4.69) is 4.74 Å². The molecule has 8 heteroatoms. The molecule has 1 rings (SSSR count). The van der Waals surface area contributed by atoms with Crippen LogP contribution >= 0.6 is 11.8 Å². The SMILES string of the molecule is COC(=O)CCN(C)S(=O)(=O)N1CCSC(C)(C)C1. The van der Waals surface area contributed by atoms with Gasteiger partial charge >= 0.3 is 5.97 Å². The Balaban J connectivity index is 2.66. The zero-order valence-electron chi connectivity index (χ0n) is 11.9. The Bertz CT molecular complexity index is 422. The molecule has 0 aliphatic carbocycles. The maximum absolute atomic E-state index is 12.4. The van der Waals surface area contributed by atoms with Gasteiger partial charge in [-0.3, -0.25) is 4.79 Å². The van der Waals surface area contributed by atoms with Crippen molar-refractivity contribution in [1.82, 2.24) is 8.61 Å². The Morgan fingerprint density at radius 1 is 1.47 bits per heavy atom. The Labute approximate surface area is 119 Å². The molecule has 0 spiro atoms. The van der Waals surface area contributed by atoms with Crippen LogP contribution in [0.1, 0.15) is 20.3 Å². The van der Waals surface area contributed by atoms with Crippen LogP contribution in [0.15, 0.2) is 0 Å². The van der Waals surface area contributed by atoms with E-state index in [1.165, 1.54) is 22.8 Å². The van der Waals surface area contributed by atoms with Crippen LogP contribution in [0.4, 0.5) is 0 Å². The highest BCUT2D eigenvalue weighted by atomic mass is 32.2. The summed E-state index contributed by atoms with van der Waals surface area (Å²) in [5, 5.41) is 0. The van der Waals surface area contributed by atoms with E-state index < -0.39 is 16.2 Å². The van der Waals surface area contributed by atoms with Crippen molar-refractivity contribution in [2.24, 2.45) is 0 Å². The fraction of sp³-hybridized carbons (Fsp3) is 0.909. The monoisotopic (exact) mass is 310 g/mol. The summed E-state index contributed by atoms with van der Waals surface area (Å²) >= 11 is 1.78.